The van der Waals surface area contributed by atoms with Gasteiger partial charge in [0.25, 0.3) is 0 Å². The molecule has 1 spiro atoms. The minimum absolute atomic E-state index is 0.0538. The summed E-state index contributed by atoms with van der Waals surface area (Å²) >= 11 is 1.44. The Morgan fingerprint density at radius 2 is 2.02 bits per heavy atom. The molecule has 4 atom stereocenters. The molecule has 1 saturated heterocycles. The van der Waals surface area contributed by atoms with Gasteiger partial charge in [0.15, 0.2) is 5.82 Å². The van der Waals surface area contributed by atoms with Crippen LogP contribution >= 0.6 is 11.3 Å². The Hall–Kier alpha value is -3.79. The number of ether oxygens (including phenoxy) is 2. The number of hydrogen-bond donors (Lipinski definition) is 3. The van der Waals surface area contributed by atoms with Gasteiger partial charge >= 0.3 is 0 Å². The van der Waals surface area contributed by atoms with Crippen LogP contribution < -0.4 is 10.5 Å². The minimum Gasteiger partial charge on any atom is -0.511 e. The Morgan fingerprint density at radius 3 is 2.70 bits per heavy atom. The van der Waals surface area contributed by atoms with Crippen molar-refractivity contribution in [2.45, 2.75) is 75.5 Å². The Labute approximate surface area is 255 Å². The molecule has 3 aliphatic rings. The third-order valence-electron chi connectivity index (χ3n) is 9.32. The summed E-state index contributed by atoms with van der Waals surface area (Å²) in [5.41, 5.74) is 8.57. The summed E-state index contributed by atoms with van der Waals surface area (Å²) in [6.45, 7) is 2.85. The number of likely N-dealkylation sites (N-methyl/N-ethyl adjacent to an activating group) is 1. The molecular weight excluding hydrogens is 564 g/mol. The first kappa shape index (κ1) is 29.3. The van der Waals surface area contributed by atoms with E-state index in [1.54, 1.807) is 17.9 Å². The van der Waals surface area contributed by atoms with E-state index in [0.717, 1.165) is 42.7 Å². The van der Waals surface area contributed by atoms with Gasteiger partial charge in [0.1, 0.15) is 34.3 Å². The van der Waals surface area contributed by atoms with E-state index in [4.69, 9.17) is 25.2 Å². The zero-order valence-electron chi connectivity index (χ0n) is 25.1. The topological polar surface area (TPSA) is 159 Å². The van der Waals surface area contributed by atoms with Crippen LogP contribution in [0.4, 0.5) is 5.00 Å². The first-order chi connectivity index (χ1) is 20.6. The Morgan fingerprint density at radius 1 is 1.26 bits per heavy atom. The van der Waals surface area contributed by atoms with Crippen LogP contribution in [0.1, 0.15) is 67.3 Å². The molecule has 4 heterocycles. The average Bonchev–Trinajstić information content (AvgIpc) is 3.70. The fraction of sp³-hybridized carbons (Fsp3) is 0.516. The number of nitrogen functional groups attached to an aromatic ring is 1. The molecule has 43 heavy (non-hydrogen) atoms. The molecule has 3 aromatic heterocycles. The van der Waals surface area contributed by atoms with Gasteiger partial charge in [-0.1, -0.05) is 0 Å². The number of fused-ring (bicyclic) bond motifs is 2. The highest BCUT2D eigenvalue weighted by Crippen LogP contribution is 2.54. The van der Waals surface area contributed by atoms with E-state index in [1.807, 2.05) is 26.2 Å². The van der Waals surface area contributed by atoms with E-state index in [0.29, 0.717) is 52.7 Å². The van der Waals surface area contributed by atoms with Crippen molar-refractivity contribution in [3.8, 4) is 23.3 Å². The second-order valence-electron chi connectivity index (χ2n) is 12.0. The number of aromatic nitrogens is 4. The summed E-state index contributed by atoms with van der Waals surface area (Å²) in [4.78, 5) is 12.8. The van der Waals surface area contributed by atoms with E-state index >= 15 is 0 Å². The van der Waals surface area contributed by atoms with Gasteiger partial charge in [0.2, 0.25) is 5.88 Å². The van der Waals surface area contributed by atoms with E-state index in [2.05, 4.69) is 23.1 Å². The predicted molar refractivity (Wildman–Crippen MR) is 165 cm³/mol. The summed E-state index contributed by atoms with van der Waals surface area (Å²) in [6, 6.07) is 6.05. The number of nitrogens with zero attached hydrogens (tertiary/aromatic N) is 6. The van der Waals surface area contributed by atoms with Gasteiger partial charge in [-0.2, -0.15) is 15.3 Å². The average molecular weight is 603 g/mol. The highest BCUT2D eigenvalue weighted by molar-refractivity contribution is 7.16. The smallest absolute Gasteiger partial charge is 0.217 e. The van der Waals surface area contributed by atoms with E-state index in [1.165, 1.54) is 11.3 Å². The van der Waals surface area contributed by atoms with Crippen LogP contribution in [0, 0.1) is 16.7 Å². The summed E-state index contributed by atoms with van der Waals surface area (Å²) in [5, 5.41) is 36.2. The number of aliphatic hydroxyl groups is 1. The Balaban J connectivity index is 1.40. The SMILES string of the molecule is CO[C@@H]1C[C@@H]([C@H](C)Oc2cc(-c3ccn(C)n3)nc(C(=N)C3=C(O)[C@@]4(CCC3)CCCc3sc(N)c(C#N)c34)n2)N(C)C1. The number of aryl methyl sites for hydroxylation is 2. The van der Waals surface area contributed by atoms with Crippen LogP contribution in [-0.4, -0.2) is 74.4 Å². The van der Waals surface area contributed by atoms with Crippen LogP contribution in [0.25, 0.3) is 11.4 Å². The number of allylic oxidation sites excluding steroid dienone is 2. The molecule has 0 amide bonds. The minimum atomic E-state index is -0.732. The fourth-order valence-corrected chi connectivity index (χ4v) is 8.34. The molecule has 1 fully saturated rings. The molecule has 0 saturated carbocycles. The van der Waals surface area contributed by atoms with Crippen LogP contribution in [0.3, 0.4) is 0 Å². The van der Waals surface area contributed by atoms with Crippen molar-refractivity contribution in [1.82, 2.24) is 24.6 Å². The van der Waals surface area contributed by atoms with Crippen LogP contribution in [0.15, 0.2) is 29.7 Å². The number of methoxy groups -OCH3 is 1. The number of likely N-dealkylation sites (tertiary alicyclic amines) is 1. The third kappa shape index (κ3) is 5.09. The normalized spacial score (nSPS) is 24.6. The van der Waals surface area contributed by atoms with Gasteiger partial charge in [-0.3, -0.25) is 15.0 Å². The summed E-state index contributed by atoms with van der Waals surface area (Å²) in [7, 11) is 5.63. The molecule has 0 radical (unpaired) electrons. The number of hydrogen-bond acceptors (Lipinski definition) is 11. The molecule has 4 N–H and O–H groups in total. The zero-order valence-corrected chi connectivity index (χ0v) is 25.9. The molecule has 0 aromatic carbocycles. The molecule has 11 nitrogen and oxygen atoms in total. The number of rotatable bonds is 7. The lowest BCUT2D eigenvalue weighted by Crippen LogP contribution is -2.38. The first-order valence-corrected chi connectivity index (χ1v) is 15.6. The number of nitriles is 1. The van der Waals surface area contributed by atoms with Crippen LogP contribution in [0.2, 0.25) is 0 Å². The second kappa shape index (κ2) is 11.4. The van der Waals surface area contributed by atoms with Gasteiger partial charge in [-0.05, 0) is 70.5 Å². The Bertz CT molecular complexity index is 1640. The molecule has 1 aliphatic heterocycles. The molecule has 3 aromatic rings. The van der Waals surface area contributed by atoms with Gasteiger partial charge in [-0.25, -0.2) is 4.98 Å². The van der Waals surface area contributed by atoms with E-state index < -0.39 is 5.41 Å². The maximum absolute atomic E-state index is 12.0. The van der Waals surface area contributed by atoms with Crippen molar-refractivity contribution >= 4 is 22.0 Å². The fourth-order valence-electron chi connectivity index (χ4n) is 7.17. The highest BCUT2D eigenvalue weighted by atomic mass is 32.1. The maximum atomic E-state index is 12.0. The van der Waals surface area contributed by atoms with Crippen molar-refractivity contribution in [3.63, 3.8) is 0 Å². The van der Waals surface area contributed by atoms with Crippen molar-refractivity contribution in [2.24, 2.45) is 7.05 Å². The summed E-state index contributed by atoms with van der Waals surface area (Å²) in [6.07, 6.45) is 7.02. The predicted octanol–water partition coefficient (Wildman–Crippen LogP) is 4.52. The van der Waals surface area contributed by atoms with Gasteiger partial charge in [0, 0.05) is 49.5 Å². The molecule has 0 bridgehead atoms. The zero-order chi connectivity index (χ0) is 30.5. The van der Waals surface area contributed by atoms with Crippen molar-refractivity contribution in [1.29, 1.82) is 10.7 Å². The molecule has 6 rings (SSSR count). The number of anilines is 1. The maximum Gasteiger partial charge on any atom is 0.217 e. The van der Waals surface area contributed by atoms with Crippen LogP contribution in [-0.2, 0) is 23.6 Å². The van der Waals surface area contributed by atoms with Gasteiger partial charge in [-0.15, -0.1) is 11.3 Å². The number of thiophene rings is 1. The van der Waals surface area contributed by atoms with Gasteiger partial charge in [0.05, 0.1) is 22.8 Å². The van der Waals surface area contributed by atoms with Crippen molar-refractivity contribution < 1.29 is 14.6 Å². The van der Waals surface area contributed by atoms with Crippen LogP contribution in [0.5, 0.6) is 5.88 Å². The number of aliphatic hydroxyl groups excluding tert-OH is 1. The highest BCUT2D eigenvalue weighted by Gasteiger charge is 2.47. The third-order valence-corrected chi connectivity index (χ3v) is 10.4. The lowest BCUT2D eigenvalue weighted by atomic mass is 9.63. The van der Waals surface area contributed by atoms with E-state index in [9.17, 15) is 15.8 Å². The Kier molecular flexibility index (Phi) is 7.75. The summed E-state index contributed by atoms with van der Waals surface area (Å²) < 4.78 is 13.7. The first-order valence-electron chi connectivity index (χ1n) is 14.8. The number of nitrogens with one attached hydrogen (secondary N) is 1. The lowest BCUT2D eigenvalue weighted by molar-refractivity contribution is 0.108. The summed E-state index contributed by atoms with van der Waals surface area (Å²) in [5.74, 6) is 0.653. The largest absolute Gasteiger partial charge is 0.511 e. The van der Waals surface area contributed by atoms with Gasteiger partial charge < -0.3 is 20.3 Å². The standard InChI is InChI=1S/C31H38N8O3S/c1-17(23-13-18(41-4)16-38(23)2)42-25-14-22(21-9-12-39(3)37-21)35-30(36-25)27(33)19-7-5-10-31(28(19)40)11-6-8-24-26(31)20(15-32)29(34)43-24/h9,12,14,17-18,23,33,40H,5-8,10-11,13,16,34H2,1-4H3/t17-,18+,23-,31-/m0/s1. The number of nitrogens with two attached hydrogens (primary N) is 1. The molecule has 0 unspecified atom stereocenters. The van der Waals surface area contributed by atoms with Crippen molar-refractivity contribution in [3.05, 3.63) is 51.5 Å². The molecule has 2 aliphatic carbocycles. The quantitative estimate of drug-likeness (QED) is 0.331. The lowest BCUT2D eigenvalue weighted by Gasteiger charge is -2.41. The molecular formula is C31H38N8O3S. The molecule has 226 valence electrons. The van der Waals surface area contributed by atoms with Crippen molar-refractivity contribution in [2.75, 3.05) is 26.4 Å². The monoisotopic (exact) mass is 602 g/mol. The second-order valence-corrected chi connectivity index (χ2v) is 13.1. The van der Waals surface area contributed by atoms with E-state index in [-0.39, 0.29) is 35.5 Å². The molecule has 12 heteroatoms.